The highest BCUT2D eigenvalue weighted by Crippen LogP contribution is 2.30. The van der Waals surface area contributed by atoms with E-state index in [2.05, 4.69) is 34.6 Å². The number of nitrogens with one attached hydrogen (secondary N) is 1. The SMILES string of the molecule is O=C(CCc1cccnc1)NCC1CCCc2ccccc21. The number of fused-ring (bicyclic) bond motifs is 1. The monoisotopic (exact) mass is 294 g/mol. The molecule has 22 heavy (non-hydrogen) atoms. The largest absolute Gasteiger partial charge is 0.355 e. The number of nitrogens with zero attached hydrogens (tertiary/aromatic N) is 1. The third-order valence-corrected chi connectivity index (χ3v) is 4.40. The number of amides is 1. The van der Waals surface area contributed by atoms with Crippen molar-refractivity contribution >= 4 is 5.91 Å². The predicted molar refractivity (Wildman–Crippen MR) is 87.7 cm³/mol. The van der Waals surface area contributed by atoms with Gasteiger partial charge in [-0.15, -0.1) is 0 Å². The van der Waals surface area contributed by atoms with Crippen LogP contribution in [-0.4, -0.2) is 17.4 Å². The standard InChI is InChI=1S/C19H22N2O/c22-19(11-10-15-5-4-12-20-13-15)21-14-17-8-3-7-16-6-1-2-9-18(16)17/h1-2,4-6,9,12-13,17H,3,7-8,10-11,14H2,(H,21,22). The van der Waals surface area contributed by atoms with E-state index in [0.717, 1.165) is 18.5 Å². The van der Waals surface area contributed by atoms with Crippen molar-refractivity contribution < 1.29 is 4.79 Å². The van der Waals surface area contributed by atoms with Gasteiger partial charge in [-0.2, -0.15) is 0 Å². The minimum atomic E-state index is 0.131. The molecule has 3 rings (SSSR count). The fourth-order valence-electron chi connectivity index (χ4n) is 3.20. The van der Waals surface area contributed by atoms with E-state index < -0.39 is 0 Å². The van der Waals surface area contributed by atoms with Gasteiger partial charge in [-0.3, -0.25) is 9.78 Å². The Hall–Kier alpha value is -2.16. The molecule has 0 bridgehead atoms. The van der Waals surface area contributed by atoms with Crippen LogP contribution in [0.5, 0.6) is 0 Å². The van der Waals surface area contributed by atoms with Crippen molar-refractivity contribution in [1.82, 2.24) is 10.3 Å². The zero-order valence-electron chi connectivity index (χ0n) is 12.8. The van der Waals surface area contributed by atoms with Gasteiger partial charge in [0.15, 0.2) is 0 Å². The topological polar surface area (TPSA) is 42.0 Å². The fourth-order valence-corrected chi connectivity index (χ4v) is 3.20. The number of carbonyl (C=O) groups is 1. The van der Waals surface area contributed by atoms with E-state index in [-0.39, 0.29) is 5.91 Å². The third-order valence-electron chi connectivity index (χ3n) is 4.40. The Labute approximate surface area is 131 Å². The number of rotatable bonds is 5. The zero-order valence-corrected chi connectivity index (χ0v) is 12.8. The van der Waals surface area contributed by atoms with E-state index >= 15 is 0 Å². The average molecular weight is 294 g/mol. The van der Waals surface area contributed by atoms with Gasteiger partial charge in [0, 0.05) is 31.3 Å². The highest BCUT2D eigenvalue weighted by molar-refractivity contribution is 5.76. The van der Waals surface area contributed by atoms with Crippen LogP contribution in [-0.2, 0) is 17.6 Å². The van der Waals surface area contributed by atoms with Crippen molar-refractivity contribution in [2.24, 2.45) is 0 Å². The van der Waals surface area contributed by atoms with Crippen LogP contribution in [0.1, 0.15) is 41.9 Å². The van der Waals surface area contributed by atoms with Gasteiger partial charge in [-0.1, -0.05) is 30.3 Å². The molecule has 1 aliphatic rings. The summed E-state index contributed by atoms with van der Waals surface area (Å²) in [5.41, 5.74) is 3.98. The second-order valence-electron chi connectivity index (χ2n) is 5.95. The summed E-state index contributed by atoms with van der Waals surface area (Å²) in [6.07, 6.45) is 8.41. The predicted octanol–water partition coefficient (Wildman–Crippen LogP) is 3.25. The summed E-state index contributed by atoms with van der Waals surface area (Å²) in [6.45, 7) is 0.753. The molecule has 1 N–H and O–H groups in total. The molecular formula is C19H22N2O. The fraction of sp³-hybridized carbons (Fsp3) is 0.368. The van der Waals surface area contributed by atoms with Crippen LogP contribution in [0.15, 0.2) is 48.8 Å². The van der Waals surface area contributed by atoms with E-state index in [4.69, 9.17) is 0 Å². The number of benzene rings is 1. The lowest BCUT2D eigenvalue weighted by Gasteiger charge is -2.25. The Morgan fingerprint density at radius 1 is 1.23 bits per heavy atom. The van der Waals surface area contributed by atoms with Crippen LogP contribution in [0.3, 0.4) is 0 Å². The van der Waals surface area contributed by atoms with Crippen molar-refractivity contribution in [3.8, 4) is 0 Å². The normalized spacial score (nSPS) is 16.8. The molecular weight excluding hydrogens is 272 g/mol. The van der Waals surface area contributed by atoms with Crippen LogP contribution in [0.25, 0.3) is 0 Å². The molecule has 1 aliphatic carbocycles. The second-order valence-corrected chi connectivity index (χ2v) is 5.95. The van der Waals surface area contributed by atoms with E-state index in [9.17, 15) is 4.79 Å². The van der Waals surface area contributed by atoms with Gasteiger partial charge < -0.3 is 5.32 Å². The number of aryl methyl sites for hydroxylation is 2. The summed E-state index contributed by atoms with van der Waals surface area (Å²) < 4.78 is 0. The first-order valence-electron chi connectivity index (χ1n) is 8.06. The maximum atomic E-state index is 12.0. The highest BCUT2D eigenvalue weighted by Gasteiger charge is 2.19. The van der Waals surface area contributed by atoms with Crippen LogP contribution in [0.4, 0.5) is 0 Å². The molecule has 1 amide bonds. The number of hydrogen-bond acceptors (Lipinski definition) is 2. The van der Waals surface area contributed by atoms with E-state index in [1.165, 1.54) is 30.4 Å². The maximum Gasteiger partial charge on any atom is 0.220 e. The molecule has 3 nitrogen and oxygen atoms in total. The Morgan fingerprint density at radius 3 is 3.00 bits per heavy atom. The minimum absolute atomic E-state index is 0.131. The molecule has 0 spiro atoms. The van der Waals surface area contributed by atoms with Crippen LogP contribution in [0, 0.1) is 0 Å². The smallest absolute Gasteiger partial charge is 0.220 e. The molecule has 3 heteroatoms. The summed E-state index contributed by atoms with van der Waals surface area (Å²) in [6, 6.07) is 12.5. The van der Waals surface area contributed by atoms with E-state index in [0.29, 0.717) is 12.3 Å². The first kappa shape index (κ1) is 14.8. The lowest BCUT2D eigenvalue weighted by molar-refractivity contribution is -0.121. The summed E-state index contributed by atoms with van der Waals surface area (Å²) in [7, 11) is 0. The number of carbonyl (C=O) groups excluding carboxylic acids is 1. The maximum absolute atomic E-state index is 12.0. The van der Waals surface area contributed by atoms with Crippen molar-refractivity contribution in [2.75, 3.05) is 6.54 Å². The van der Waals surface area contributed by atoms with Crippen LogP contribution >= 0.6 is 0 Å². The molecule has 0 fully saturated rings. The van der Waals surface area contributed by atoms with Crippen molar-refractivity contribution in [1.29, 1.82) is 0 Å². The summed E-state index contributed by atoms with van der Waals surface area (Å²) in [5.74, 6) is 0.596. The van der Waals surface area contributed by atoms with Crippen molar-refractivity contribution in [3.05, 3.63) is 65.5 Å². The van der Waals surface area contributed by atoms with Gasteiger partial charge in [0.1, 0.15) is 0 Å². The molecule has 1 aromatic carbocycles. The summed E-state index contributed by atoms with van der Waals surface area (Å²) >= 11 is 0. The molecule has 0 radical (unpaired) electrons. The lowest BCUT2D eigenvalue weighted by atomic mass is 9.83. The lowest BCUT2D eigenvalue weighted by Crippen LogP contribution is -2.30. The molecule has 0 saturated heterocycles. The van der Waals surface area contributed by atoms with Crippen LogP contribution in [0.2, 0.25) is 0 Å². The molecule has 0 saturated carbocycles. The van der Waals surface area contributed by atoms with Gasteiger partial charge in [0.05, 0.1) is 0 Å². The third kappa shape index (κ3) is 3.73. The van der Waals surface area contributed by atoms with Crippen molar-refractivity contribution in [2.45, 2.75) is 38.0 Å². The Balaban J connectivity index is 1.50. The van der Waals surface area contributed by atoms with Gasteiger partial charge >= 0.3 is 0 Å². The Kier molecular flexibility index (Phi) is 4.84. The highest BCUT2D eigenvalue weighted by atomic mass is 16.1. The minimum Gasteiger partial charge on any atom is -0.355 e. The van der Waals surface area contributed by atoms with E-state index in [1.807, 2.05) is 18.3 Å². The van der Waals surface area contributed by atoms with Gasteiger partial charge in [-0.25, -0.2) is 0 Å². The average Bonchev–Trinajstić information content (AvgIpc) is 2.59. The number of pyridine rings is 1. The van der Waals surface area contributed by atoms with Gasteiger partial charge in [-0.05, 0) is 48.4 Å². The number of hydrogen-bond donors (Lipinski definition) is 1. The van der Waals surface area contributed by atoms with E-state index in [1.54, 1.807) is 6.20 Å². The quantitative estimate of drug-likeness (QED) is 0.919. The first-order chi connectivity index (χ1) is 10.8. The molecule has 2 aromatic rings. The molecule has 1 heterocycles. The number of aromatic nitrogens is 1. The van der Waals surface area contributed by atoms with Crippen molar-refractivity contribution in [3.63, 3.8) is 0 Å². The zero-order chi connectivity index (χ0) is 15.2. The molecule has 1 atom stereocenters. The second kappa shape index (κ2) is 7.21. The first-order valence-corrected chi connectivity index (χ1v) is 8.06. The molecule has 1 unspecified atom stereocenters. The summed E-state index contributed by atoms with van der Waals surface area (Å²) in [5, 5.41) is 3.10. The Morgan fingerprint density at radius 2 is 2.14 bits per heavy atom. The van der Waals surface area contributed by atoms with Crippen LogP contribution < -0.4 is 5.32 Å². The van der Waals surface area contributed by atoms with Gasteiger partial charge in [0.2, 0.25) is 5.91 Å². The van der Waals surface area contributed by atoms with Gasteiger partial charge in [0.25, 0.3) is 0 Å². The molecule has 1 aromatic heterocycles. The Bertz CT molecular complexity index is 624. The molecule has 114 valence electrons. The molecule has 0 aliphatic heterocycles. The summed E-state index contributed by atoms with van der Waals surface area (Å²) in [4.78, 5) is 16.1.